The Bertz CT molecular complexity index is 624. The molecule has 5 nitrogen and oxygen atoms in total. The Balaban J connectivity index is 1.56. The predicted octanol–water partition coefficient (Wildman–Crippen LogP) is 1.87. The maximum Gasteiger partial charge on any atom is 0.271 e. The molecule has 1 aliphatic heterocycles. The molecule has 1 aromatic carbocycles. The summed E-state index contributed by atoms with van der Waals surface area (Å²) in [6.45, 7) is 1.59. The second-order valence-electron chi connectivity index (χ2n) is 5.47. The summed E-state index contributed by atoms with van der Waals surface area (Å²) in [5, 5.41) is 6.27. The Morgan fingerprint density at radius 2 is 2.14 bits per heavy atom. The number of hydrogen-bond donors (Lipinski definition) is 2. The molecule has 0 bridgehead atoms. The lowest BCUT2D eigenvalue weighted by molar-refractivity contribution is 0.0948. The normalized spacial score (nSPS) is 17.4. The number of benzene rings is 1. The Morgan fingerprint density at radius 3 is 2.91 bits per heavy atom. The summed E-state index contributed by atoms with van der Waals surface area (Å²) in [5.41, 5.74) is 2.45. The second-order valence-corrected chi connectivity index (χ2v) is 5.47. The zero-order valence-corrected chi connectivity index (χ0v) is 12.5. The van der Waals surface area contributed by atoms with Crippen LogP contribution in [0.2, 0.25) is 0 Å². The fourth-order valence-corrected chi connectivity index (χ4v) is 2.65. The maximum absolute atomic E-state index is 12.2. The van der Waals surface area contributed by atoms with E-state index in [0.29, 0.717) is 12.2 Å². The van der Waals surface area contributed by atoms with Gasteiger partial charge in [-0.1, -0.05) is 30.3 Å². The van der Waals surface area contributed by atoms with Crippen molar-refractivity contribution in [3.05, 3.63) is 59.7 Å². The third-order valence-corrected chi connectivity index (χ3v) is 3.85. The van der Waals surface area contributed by atoms with E-state index in [-0.39, 0.29) is 11.9 Å². The van der Waals surface area contributed by atoms with E-state index >= 15 is 0 Å². The van der Waals surface area contributed by atoms with Crippen molar-refractivity contribution in [1.82, 2.24) is 20.6 Å². The molecule has 5 heteroatoms. The van der Waals surface area contributed by atoms with Gasteiger partial charge >= 0.3 is 0 Å². The predicted molar refractivity (Wildman–Crippen MR) is 84.5 cm³/mol. The number of aromatic nitrogens is 2. The molecular formula is C17H20N4O. The molecule has 22 heavy (non-hydrogen) atoms. The van der Waals surface area contributed by atoms with Gasteiger partial charge in [0.1, 0.15) is 5.69 Å². The molecule has 1 saturated heterocycles. The maximum atomic E-state index is 12.2. The van der Waals surface area contributed by atoms with E-state index in [1.165, 1.54) is 11.8 Å². The van der Waals surface area contributed by atoms with E-state index in [4.69, 9.17) is 0 Å². The minimum Gasteiger partial charge on any atom is -0.350 e. The van der Waals surface area contributed by atoms with Gasteiger partial charge in [-0.3, -0.25) is 9.78 Å². The van der Waals surface area contributed by atoms with Crippen molar-refractivity contribution >= 4 is 5.91 Å². The zero-order valence-electron chi connectivity index (χ0n) is 12.5. The standard InChI is InChI=1S/C17H20N4O/c22-17(20-10-8-13-5-2-1-3-6-13)16-12-18-11-15(21-16)14-7-4-9-19-14/h1-3,5-6,11-12,14,19H,4,7-10H2,(H,20,22). The average Bonchev–Trinajstić information content (AvgIpc) is 3.10. The van der Waals surface area contributed by atoms with Crippen LogP contribution in [-0.2, 0) is 6.42 Å². The monoisotopic (exact) mass is 296 g/mol. The number of rotatable bonds is 5. The van der Waals surface area contributed by atoms with E-state index < -0.39 is 0 Å². The zero-order chi connectivity index (χ0) is 15.2. The molecule has 3 rings (SSSR count). The van der Waals surface area contributed by atoms with Crippen molar-refractivity contribution in [3.63, 3.8) is 0 Å². The molecule has 0 radical (unpaired) electrons. The lowest BCUT2D eigenvalue weighted by Crippen LogP contribution is -2.27. The summed E-state index contributed by atoms with van der Waals surface area (Å²) in [6.07, 6.45) is 6.26. The van der Waals surface area contributed by atoms with Crippen LogP contribution in [0.4, 0.5) is 0 Å². The fourth-order valence-electron chi connectivity index (χ4n) is 2.65. The largest absolute Gasteiger partial charge is 0.350 e. The molecule has 1 unspecified atom stereocenters. The first kappa shape index (κ1) is 14.7. The van der Waals surface area contributed by atoms with Crippen LogP contribution in [0.1, 0.15) is 40.6 Å². The van der Waals surface area contributed by atoms with E-state index in [0.717, 1.165) is 31.5 Å². The first-order valence-corrected chi connectivity index (χ1v) is 7.70. The highest BCUT2D eigenvalue weighted by Crippen LogP contribution is 2.20. The third kappa shape index (κ3) is 3.68. The van der Waals surface area contributed by atoms with Gasteiger partial charge in [-0.05, 0) is 31.4 Å². The topological polar surface area (TPSA) is 66.9 Å². The van der Waals surface area contributed by atoms with Crippen molar-refractivity contribution in [2.45, 2.75) is 25.3 Å². The molecule has 0 spiro atoms. The Labute approximate surface area is 130 Å². The average molecular weight is 296 g/mol. The highest BCUT2D eigenvalue weighted by atomic mass is 16.1. The number of hydrogen-bond acceptors (Lipinski definition) is 4. The molecule has 2 heterocycles. The molecule has 2 aromatic rings. The van der Waals surface area contributed by atoms with Crippen molar-refractivity contribution in [2.24, 2.45) is 0 Å². The molecule has 114 valence electrons. The summed E-state index contributed by atoms with van der Waals surface area (Å²) >= 11 is 0. The second kappa shape index (κ2) is 7.13. The molecule has 1 amide bonds. The van der Waals surface area contributed by atoms with Gasteiger partial charge in [-0.25, -0.2) is 4.98 Å². The number of nitrogens with zero attached hydrogens (tertiary/aromatic N) is 2. The Hall–Kier alpha value is -2.27. The minimum atomic E-state index is -0.164. The Morgan fingerprint density at radius 1 is 1.27 bits per heavy atom. The molecule has 2 N–H and O–H groups in total. The number of nitrogens with one attached hydrogen (secondary N) is 2. The molecular weight excluding hydrogens is 276 g/mol. The smallest absolute Gasteiger partial charge is 0.271 e. The van der Waals surface area contributed by atoms with E-state index in [2.05, 4.69) is 32.7 Å². The molecule has 1 aromatic heterocycles. The molecule has 1 atom stereocenters. The van der Waals surface area contributed by atoms with Gasteiger partial charge in [0.15, 0.2) is 0 Å². The van der Waals surface area contributed by atoms with Crippen LogP contribution in [-0.4, -0.2) is 29.0 Å². The Kier molecular flexibility index (Phi) is 4.75. The van der Waals surface area contributed by atoms with Crippen LogP contribution < -0.4 is 10.6 Å². The summed E-state index contributed by atoms with van der Waals surface area (Å²) < 4.78 is 0. The summed E-state index contributed by atoms with van der Waals surface area (Å²) in [6, 6.07) is 10.3. The van der Waals surface area contributed by atoms with Gasteiger partial charge in [0.25, 0.3) is 5.91 Å². The van der Waals surface area contributed by atoms with E-state index in [1.807, 2.05) is 18.2 Å². The van der Waals surface area contributed by atoms with Gasteiger partial charge in [-0.15, -0.1) is 0 Å². The van der Waals surface area contributed by atoms with Crippen molar-refractivity contribution in [3.8, 4) is 0 Å². The van der Waals surface area contributed by atoms with Crippen LogP contribution in [0.15, 0.2) is 42.7 Å². The fraction of sp³-hybridized carbons (Fsp3) is 0.353. The lowest BCUT2D eigenvalue weighted by atomic mass is 10.1. The molecule has 0 saturated carbocycles. The van der Waals surface area contributed by atoms with Gasteiger partial charge in [0.2, 0.25) is 0 Å². The number of carbonyl (C=O) groups is 1. The van der Waals surface area contributed by atoms with E-state index in [9.17, 15) is 4.79 Å². The van der Waals surface area contributed by atoms with Gasteiger partial charge in [-0.2, -0.15) is 0 Å². The van der Waals surface area contributed by atoms with Gasteiger partial charge in [0.05, 0.1) is 24.1 Å². The molecule has 1 aliphatic rings. The van der Waals surface area contributed by atoms with Crippen LogP contribution in [0.25, 0.3) is 0 Å². The molecule has 0 aliphatic carbocycles. The summed E-state index contributed by atoms with van der Waals surface area (Å²) in [5.74, 6) is -0.164. The van der Waals surface area contributed by atoms with Gasteiger partial charge < -0.3 is 10.6 Å². The minimum absolute atomic E-state index is 0.164. The highest BCUT2D eigenvalue weighted by Gasteiger charge is 2.19. The van der Waals surface area contributed by atoms with Crippen LogP contribution in [0, 0.1) is 0 Å². The first-order chi connectivity index (χ1) is 10.8. The first-order valence-electron chi connectivity index (χ1n) is 7.70. The number of carbonyl (C=O) groups excluding carboxylic acids is 1. The van der Waals surface area contributed by atoms with Crippen LogP contribution in [0.5, 0.6) is 0 Å². The SMILES string of the molecule is O=C(NCCc1ccccc1)c1cncc(C2CCCN2)n1. The highest BCUT2D eigenvalue weighted by molar-refractivity contribution is 5.91. The van der Waals surface area contributed by atoms with Crippen molar-refractivity contribution in [2.75, 3.05) is 13.1 Å². The molecule has 1 fully saturated rings. The summed E-state index contributed by atoms with van der Waals surface area (Å²) in [4.78, 5) is 20.8. The quantitative estimate of drug-likeness (QED) is 0.884. The number of amides is 1. The van der Waals surface area contributed by atoms with Crippen LogP contribution >= 0.6 is 0 Å². The van der Waals surface area contributed by atoms with Crippen molar-refractivity contribution < 1.29 is 4.79 Å². The van der Waals surface area contributed by atoms with E-state index in [1.54, 1.807) is 6.20 Å². The van der Waals surface area contributed by atoms with Crippen molar-refractivity contribution in [1.29, 1.82) is 0 Å². The summed E-state index contributed by atoms with van der Waals surface area (Å²) in [7, 11) is 0. The third-order valence-electron chi connectivity index (χ3n) is 3.85. The van der Waals surface area contributed by atoms with Crippen LogP contribution in [0.3, 0.4) is 0 Å². The van der Waals surface area contributed by atoms with Gasteiger partial charge in [0, 0.05) is 6.54 Å². The lowest BCUT2D eigenvalue weighted by Gasteiger charge is -2.10.